The van der Waals surface area contributed by atoms with E-state index in [1.165, 1.54) is 11.1 Å². The Morgan fingerprint density at radius 2 is 1.92 bits per heavy atom. The van der Waals surface area contributed by atoms with Crippen LogP contribution >= 0.6 is 11.3 Å². The fourth-order valence-corrected chi connectivity index (χ4v) is 3.47. The molecule has 3 heterocycles. The number of thiazole rings is 1. The summed E-state index contributed by atoms with van der Waals surface area (Å²) in [7, 11) is 0. The van der Waals surface area contributed by atoms with Crippen LogP contribution in [0.3, 0.4) is 0 Å². The second kappa shape index (κ2) is 6.37. The molecule has 0 fully saturated rings. The van der Waals surface area contributed by atoms with E-state index >= 15 is 0 Å². The van der Waals surface area contributed by atoms with Crippen molar-refractivity contribution >= 4 is 11.3 Å². The highest BCUT2D eigenvalue weighted by molar-refractivity contribution is 7.13. The van der Waals surface area contributed by atoms with Gasteiger partial charge in [-0.25, -0.2) is 9.97 Å². The van der Waals surface area contributed by atoms with Crippen molar-refractivity contribution in [3.8, 4) is 22.0 Å². The van der Waals surface area contributed by atoms with Crippen LogP contribution in [-0.2, 0) is 6.54 Å². The van der Waals surface area contributed by atoms with E-state index in [-0.39, 0.29) is 0 Å². The Morgan fingerprint density at radius 1 is 1.04 bits per heavy atom. The van der Waals surface area contributed by atoms with Gasteiger partial charge in [0.1, 0.15) is 10.8 Å². The van der Waals surface area contributed by atoms with Crippen molar-refractivity contribution in [3.05, 3.63) is 77.8 Å². The van der Waals surface area contributed by atoms with E-state index < -0.39 is 0 Å². The highest BCUT2D eigenvalue weighted by Gasteiger charge is 2.09. The van der Waals surface area contributed by atoms with Crippen molar-refractivity contribution < 1.29 is 0 Å². The molecule has 0 saturated carbocycles. The number of nitrogens with zero attached hydrogens (tertiary/aromatic N) is 4. The third kappa shape index (κ3) is 2.98. The summed E-state index contributed by atoms with van der Waals surface area (Å²) in [5, 5.41) is 3.17. The van der Waals surface area contributed by atoms with Crippen molar-refractivity contribution in [1.29, 1.82) is 0 Å². The zero-order valence-electron chi connectivity index (χ0n) is 13.3. The Balaban J connectivity index is 1.61. The number of imidazole rings is 1. The maximum absolute atomic E-state index is 4.79. The predicted octanol–water partition coefficient (Wildman–Crippen LogP) is 4.43. The maximum atomic E-state index is 4.79. The van der Waals surface area contributed by atoms with E-state index in [0.29, 0.717) is 6.54 Å². The standard InChI is InChI=1S/C19H16N4S/c1-14-3-2-4-16(11-14)19-22-17(13-24-19)12-23-10-9-21-18(23)15-5-7-20-8-6-15/h2-11,13H,12H2,1H3. The summed E-state index contributed by atoms with van der Waals surface area (Å²) < 4.78 is 2.12. The molecule has 0 spiro atoms. The van der Waals surface area contributed by atoms with Crippen molar-refractivity contribution in [2.75, 3.05) is 0 Å². The number of aryl methyl sites for hydroxylation is 1. The molecule has 0 atom stereocenters. The van der Waals surface area contributed by atoms with Crippen LogP contribution in [0.1, 0.15) is 11.3 Å². The normalized spacial score (nSPS) is 10.9. The van der Waals surface area contributed by atoms with Gasteiger partial charge in [0, 0.05) is 41.3 Å². The van der Waals surface area contributed by atoms with Gasteiger partial charge < -0.3 is 4.57 Å². The monoisotopic (exact) mass is 332 g/mol. The smallest absolute Gasteiger partial charge is 0.140 e. The first-order chi connectivity index (χ1) is 11.8. The van der Waals surface area contributed by atoms with E-state index in [4.69, 9.17) is 4.98 Å². The molecule has 0 saturated heterocycles. The van der Waals surface area contributed by atoms with E-state index in [1.807, 2.05) is 24.5 Å². The Bertz CT molecular complexity index is 956. The van der Waals surface area contributed by atoms with Crippen LogP contribution in [0.2, 0.25) is 0 Å². The first kappa shape index (κ1) is 14.8. The Labute approximate surface area is 144 Å². The van der Waals surface area contributed by atoms with Crippen LogP contribution in [-0.4, -0.2) is 19.5 Å². The summed E-state index contributed by atoms with van der Waals surface area (Å²) in [4.78, 5) is 13.3. The summed E-state index contributed by atoms with van der Waals surface area (Å²) in [5.74, 6) is 0.933. The minimum atomic E-state index is 0.708. The lowest BCUT2D eigenvalue weighted by molar-refractivity contribution is 0.788. The molecule has 0 amide bonds. The molecular formula is C19H16N4S. The van der Waals surface area contributed by atoms with Gasteiger partial charge in [-0.05, 0) is 25.1 Å². The van der Waals surface area contributed by atoms with Crippen LogP contribution in [0.15, 0.2) is 66.6 Å². The van der Waals surface area contributed by atoms with Crippen molar-refractivity contribution in [2.24, 2.45) is 0 Å². The molecule has 0 bridgehead atoms. The molecule has 4 aromatic rings. The summed E-state index contributed by atoms with van der Waals surface area (Å²) in [6.45, 7) is 2.81. The minimum absolute atomic E-state index is 0.708. The predicted molar refractivity (Wildman–Crippen MR) is 96.8 cm³/mol. The molecule has 24 heavy (non-hydrogen) atoms. The van der Waals surface area contributed by atoms with Gasteiger partial charge in [0.2, 0.25) is 0 Å². The van der Waals surface area contributed by atoms with Gasteiger partial charge in [0.25, 0.3) is 0 Å². The first-order valence-electron chi connectivity index (χ1n) is 7.72. The highest BCUT2D eigenvalue weighted by Crippen LogP contribution is 2.25. The summed E-state index contributed by atoms with van der Waals surface area (Å²) in [5.41, 5.74) is 4.53. The van der Waals surface area contributed by atoms with Crippen LogP contribution in [0.25, 0.3) is 22.0 Å². The zero-order valence-corrected chi connectivity index (χ0v) is 14.1. The fourth-order valence-electron chi connectivity index (χ4n) is 2.66. The van der Waals surface area contributed by atoms with Crippen LogP contribution in [0.5, 0.6) is 0 Å². The first-order valence-corrected chi connectivity index (χ1v) is 8.60. The molecule has 3 aromatic heterocycles. The molecule has 0 aliphatic heterocycles. The number of benzene rings is 1. The lowest BCUT2D eigenvalue weighted by Gasteiger charge is -2.05. The van der Waals surface area contributed by atoms with E-state index in [2.05, 4.69) is 51.1 Å². The zero-order chi connectivity index (χ0) is 16.4. The van der Waals surface area contributed by atoms with Gasteiger partial charge in [0.05, 0.1) is 12.2 Å². The topological polar surface area (TPSA) is 43.6 Å². The molecule has 0 aliphatic rings. The lowest BCUT2D eigenvalue weighted by Crippen LogP contribution is -2.01. The largest absolute Gasteiger partial charge is 0.325 e. The number of aromatic nitrogens is 4. The van der Waals surface area contributed by atoms with E-state index in [9.17, 15) is 0 Å². The molecule has 0 aliphatic carbocycles. The Kier molecular flexibility index (Phi) is 3.92. The molecule has 118 valence electrons. The minimum Gasteiger partial charge on any atom is -0.325 e. The Hall–Kier alpha value is -2.79. The molecule has 0 radical (unpaired) electrons. The number of pyridine rings is 1. The molecule has 4 nitrogen and oxygen atoms in total. The van der Waals surface area contributed by atoms with Crippen molar-refractivity contribution in [1.82, 2.24) is 19.5 Å². The van der Waals surface area contributed by atoms with Gasteiger partial charge in [-0.3, -0.25) is 4.98 Å². The average Bonchev–Trinajstić information content (AvgIpc) is 3.26. The maximum Gasteiger partial charge on any atom is 0.140 e. The van der Waals surface area contributed by atoms with Crippen molar-refractivity contribution in [2.45, 2.75) is 13.5 Å². The van der Waals surface area contributed by atoms with E-state index in [1.54, 1.807) is 23.7 Å². The molecule has 5 heteroatoms. The van der Waals surface area contributed by atoms with Crippen LogP contribution < -0.4 is 0 Å². The van der Waals surface area contributed by atoms with Gasteiger partial charge >= 0.3 is 0 Å². The molecule has 0 unspecified atom stereocenters. The third-order valence-corrected chi connectivity index (χ3v) is 4.74. The van der Waals surface area contributed by atoms with Gasteiger partial charge in [0.15, 0.2) is 0 Å². The second-order valence-corrected chi connectivity index (χ2v) is 6.49. The number of hydrogen-bond donors (Lipinski definition) is 0. The van der Waals surface area contributed by atoms with Crippen LogP contribution in [0.4, 0.5) is 0 Å². The summed E-state index contributed by atoms with van der Waals surface area (Å²) in [6, 6.07) is 12.4. The molecule has 0 N–H and O–H groups in total. The summed E-state index contributed by atoms with van der Waals surface area (Å²) >= 11 is 1.68. The second-order valence-electron chi connectivity index (χ2n) is 5.63. The van der Waals surface area contributed by atoms with Gasteiger partial charge in [-0.1, -0.05) is 23.8 Å². The Morgan fingerprint density at radius 3 is 2.75 bits per heavy atom. The van der Waals surface area contributed by atoms with Crippen LogP contribution in [0, 0.1) is 6.92 Å². The SMILES string of the molecule is Cc1cccc(-c2nc(Cn3ccnc3-c3ccncc3)cs2)c1. The molecular weight excluding hydrogens is 316 g/mol. The number of rotatable bonds is 4. The van der Waals surface area contributed by atoms with E-state index in [0.717, 1.165) is 22.1 Å². The molecule has 4 rings (SSSR count). The lowest BCUT2D eigenvalue weighted by atomic mass is 10.1. The fraction of sp³-hybridized carbons (Fsp3) is 0.105. The quantitative estimate of drug-likeness (QED) is 0.555. The van der Waals surface area contributed by atoms with Gasteiger partial charge in [-0.2, -0.15) is 0 Å². The number of hydrogen-bond acceptors (Lipinski definition) is 4. The van der Waals surface area contributed by atoms with Gasteiger partial charge in [-0.15, -0.1) is 11.3 Å². The average molecular weight is 332 g/mol. The molecule has 1 aromatic carbocycles. The van der Waals surface area contributed by atoms with Crippen molar-refractivity contribution in [3.63, 3.8) is 0 Å². The summed E-state index contributed by atoms with van der Waals surface area (Å²) in [6.07, 6.45) is 7.38. The third-order valence-electron chi connectivity index (χ3n) is 3.80. The highest BCUT2D eigenvalue weighted by atomic mass is 32.1.